The molecule has 9 heteroatoms. The monoisotopic (exact) mass is 454 g/mol. The normalized spacial score (nSPS) is 19.9. The Labute approximate surface area is 190 Å². The van der Waals surface area contributed by atoms with Crippen LogP contribution in [0.2, 0.25) is 0 Å². The fourth-order valence-electron chi connectivity index (χ4n) is 4.35. The average Bonchev–Trinajstić information content (AvgIpc) is 3.42. The quantitative estimate of drug-likeness (QED) is 0.475. The molecule has 2 aromatic rings. The molecule has 1 aliphatic carbocycles. The highest BCUT2D eigenvalue weighted by Gasteiger charge is 2.33. The van der Waals surface area contributed by atoms with E-state index in [9.17, 15) is 14.4 Å². The molecule has 0 spiro atoms. The van der Waals surface area contributed by atoms with Gasteiger partial charge in [0.25, 0.3) is 0 Å². The molecule has 0 radical (unpaired) electrons. The highest BCUT2D eigenvalue weighted by atomic mass is 16.5. The molecule has 2 aromatic carbocycles. The summed E-state index contributed by atoms with van der Waals surface area (Å²) in [5.74, 6) is -2.39. The zero-order chi connectivity index (χ0) is 23.4. The van der Waals surface area contributed by atoms with Crippen molar-refractivity contribution in [3.63, 3.8) is 0 Å². The first-order chi connectivity index (χ1) is 16.0. The van der Waals surface area contributed by atoms with Gasteiger partial charge in [0.15, 0.2) is 0 Å². The van der Waals surface area contributed by atoms with Crippen LogP contribution in [0.1, 0.15) is 23.5 Å². The van der Waals surface area contributed by atoms with Gasteiger partial charge in [-0.2, -0.15) is 0 Å². The SMILES string of the molecule is O=C(NC[C@@H]1C[C@H](C(=O)NC(CO)C(=O)O)CO1)OCC1c2ccccc2-c2ccccc21. The summed E-state index contributed by atoms with van der Waals surface area (Å²) in [7, 11) is 0. The summed E-state index contributed by atoms with van der Waals surface area (Å²) in [6.07, 6.45) is -0.633. The van der Waals surface area contributed by atoms with Crippen molar-refractivity contribution < 1.29 is 34.1 Å². The van der Waals surface area contributed by atoms with Crippen LogP contribution in [-0.2, 0) is 19.1 Å². The van der Waals surface area contributed by atoms with Gasteiger partial charge < -0.3 is 30.3 Å². The minimum atomic E-state index is -1.35. The second kappa shape index (κ2) is 10.0. The van der Waals surface area contributed by atoms with E-state index in [0.29, 0.717) is 6.42 Å². The maximum Gasteiger partial charge on any atom is 0.407 e. The molecule has 3 atom stereocenters. The molecule has 1 aliphatic heterocycles. The predicted octanol–water partition coefficient (Wildman–Crippen LogP) is 1.49. The Balaban J connectivity index is 1.25. The molecule has 1 heterocycles. The number of hydrogen-bond acceptors (Lipinski definition) is 6. The van der Waals surface area contributed by atoms with Gasteiger partial charge in [-0.1, -0.05) is 48.5 Å². The first-order valence-corrected chi connectivity index (χ1v) is 10.8. The number of ether oxygens (including phenoxy) is 2. The molecule has 174 valence electrons. The number of carboxylic acids is 1. The van der Waals surface area contributed by atoms with Gasteiger partial charge in [-0.25, -0.2) is 9.59 Å². The van der Waals surface area contributed by atoms with Gasteiger partial charge in [-0.05, 0) is 28.7 Å². The second-order valence-electron chi connectivity index (χ2n) is 8.18. The van der Waals surface area contributed by atoms with Crippen LogP contribution in [0.4, 0.5) is 4.79 Å². The van der Waals surface area contributed by atoms with Crippen LogP contribution in [0, 0.1) is 5.92 Å². The number of amides is 2. The van der Waals surface area contributed by atoms with Gasteiger partial charge >= 0.3 is 12.1 Å². The van der Waals surface area contributed by atoms with Gasteiger partial charge in [0.05, 0.1) is 25.2 Å². The lowest BCUT2D eigenvalue weighted by atomic mass is 9.98. The molecule has 9 nitrogen and oxygen atoms in total. The molecule has 0 aromatic heterocycles. The minimum Gasteiger partial charge on any atom is -0.480 e. The number of fused-ring (bicyclic) bond motifs is 3. The Bertz CT molecular complexity index is 995. The first-order valence-electron chi connectivity index (χ1n) is 10.8. The Morgan fingerprint density at radius 2 is 1.70 bits per heavy atom. The van der Waals surface area contributed by atoms with Crippen LogP contribution < -0.4 is 10.6 Å². The smallest absolute Gasteiger partial charge is 0.407 e. The number of aliphatic hydroxyl groups excluding tert-OH is 1. The molecule has 0 saturated carbocycles. The van der Waals surface area contributed by atoms with Crippen molar-refractivity contribution in [2.24, 2.45) is 5.92 Å². The Kier molecular flexibility index (Phi) is 6.90. The number of benzene rings is 2. The van der Waals surface area contributed by atoms with Crippen LogP contribution >= 0.6 is 0 Å². The van der Waals surface area contributed by atoms with E-state index in [1.165, 1.54) is 0 Å². The predicted molar refractivity (Wildman–Crippen MR) is 118 cm³/mol. The third-order valence-electron chi connectivity index (χ3n) is 6.07. The van der Waals surface area contributed by atoms with E-state index in [2.05, 4.69) is 22.8 Å². The fraction of sp³-hybridized carbons (Fsp3) is 0.375. The summed E-state index contributed by atoms with van der Waals surface area (Å²) >= 11 is 0. The fourth-order valence-corrected chi connectivity index (χ4v) is 4.35. The molecular formula is C24H26N2O7. The van der Waals surface area contributed by atoms with Crippen molar-refractivity contribution in [1.29, 1.82) is 0 Å². The van der Waals surface area contributed by atoms with Crippen LogP contribution in [0.3, 0.4) is 0 Å². The molecular weight excluding hydrogens is 428 g/mol. The van der Waals surface area contributed by atoms with E-state index in [1.807, 2.05) is 36.4 Å². The number of rotatable bonds is 8. The van der Waals surface area contributed by atoms with Gasteiger partial charge in [0.2, 0.25) is 5.91 Å². The van der Waals surface area contributed by atoms with Crippen LogP contribution in [0.15, 0.2) is 48.5 Å². The summed E-state index contributed by atoms with van der Waals surface area (Å²) in [6, 6.07) is 14.8. The van der Waals surface area contributed by atoms with Gasteiger partial charge in [0.1, 0.15) is 12.6 Å². The molecule has 1 fully saturated rings. The molecule has 4 rings (SSSR count). The van der Waals surface area contributed by atoms with Gasteiger partial charge in [-0.15, -0.1) is 0 Å². The van der Waals surface area contributed by atoms with Crippen molar-refractivity contribution in [1.82, 2.24) is 10.6 Å². The Hall–Kier alpha value is -3.43. The molecule has 1 saturated heterocycles. The lowest BCUT2D eigenvalue weighted by Gasteiger charge is -2.16. The van der Waals surface area contributed by atoms with Crippen molar-refractivity contribution in [2.45, 2.75) is 24.5 Å². The Morgan fingerprint density at radius 1 is 1.06 bits per heavy atom. The topological polar surface area (TPSA) is 134 Å². The van der Waals surface area contributed by atoms with E-state index < -0.39 is 42.6 Å². The largest absolute Gasteiger partial charge is 0.480 e. The number of carbonyl (C=O) groups is 3. The summed E-state index contributed by atoms with van der Waals surface area (Å²) in [4.78, 5) is 35.4. The van der Waals surface area contributed by atoms with Gasteiger partial charge in [-0.3, -0.25) is 4.79 Å². The number of alkyl carbamates (subject to hydrolysis) is 1. The molecule has 2 aliphatic rings. The molecule has 2 amide bonds. The second-order valence-corrected chi connectivity index (χ2v) is 8.18. The van der Waals surface area contributed by atoms with Crippen LogP contribution in [0.5, 0.6) is 0 Å². The third kappa shape index (κ3) is 4.99. The summed E-state index contributed by atoms with van der Waals surface area (Å²) in [5.41, 5.74) is 4.55. The summed E-state index contributed by atoms with van der Waals surface area (Å²) in [6.45, 7) is -0.209. The lowest BCUT2D eigenvalue weighted by molar-refractivity contribution is -0.143. The molecule has 4 N–H and O–H groups in total. The highest BCUT2D eigenvalue weighted by molar-refractivity contribution is 5.85. The average molecular weight is 454 g/mol. The number of aliphatic hydroxyl groups is 1. The van der Waals surface area contributed by atoms with Crippen LogP contribution in [-0.4, -0.2) is 66.7 Å². The molecule has 0 bridgehead atoms. The first kappa shape index (κ1) is 22.8. The van der Waals surface area contributed by atoms with Crippen LogP contribution in [0.25, 0.3) is 11.1 Å². The zero-order valence-electron chi connectivity index (χ0n) is 17.9. The molecule has 1 unspecified atom stereocenters. The van der Waals surface area contributed by atoms with E-state index in [4.69, 9.17) is 19.7 Å². The summed E-state index contributed by atoms with van der Waals surface area (Å²) < 4.78 is 11.0. The Morgan fingerprint density at radius 3 is 2.30 bits per heavy atom. The zero-order valence-corrected chi connectivity index (χ0v) is 17.9. The lowest BCUT2D eigenvalue weighted by Crippen LogP contribution is -2.46. The standard InChI is InChI=1S/C24H26N2O7/c27-11-21(23(29)30)26-22(28)14-9-15(32-12-14)10-25-24(31)33-13-20-18-7-3-1-5-16(18)17-6-2-4-8-19(17)20/h1-8,14-15,20-21,27H,9-13H2,(H,25,31)(H,26,28)(H,29,30)/t14-,15-,21?/m0/s1. The van der Waals surface area contributed by atoms with Crippen molar-refractivity contribution in [2.75, 3.05) is 26.4 Å². The van der Waals surface area contributed by atoms with E-state index >= 15 is 0 Å². The number of carboxylic acid groups (broad SMARTS) is 1. The van der Waals surface area contributed by atoms with Gasteiger partial charge in [0, 0.05) is 12.5 Å². The summed E-state index contributed by atoms with van der Waals surface area (Å²) in [5, 5.41) is 22.9. The maximum atomic E-state index is 12.3. The minimum absolute atomic E-state index is 0.0346. The number of nitrogens with one attached hydrogen (secondary N) is 2. The van der Waals surface area contributed by atoms with Crippen molar-refractivity contribution in [3.05, 3.63) is 59.7 Å². The number of carbonyl (C=O) groups excluding carboxylic acids is 2. The van der Waals surface area contributed by atoms with Crippen molar-refractivity contribution in [3.8, 4) is 11.1 Å². The number of aliphatic carboxylic acids is 1. The third-order valence-corrected chi connectivity index (χ3v) is 6.07. The molecule has 33 heavy (non-hydrogen) atoms. The van der Waals surface area contributed by atoms with E-state index in [1.54, 1.807) is 0 Å². The number of hydrogen-bond donors (Lipinski definition) is 4. The van der Waals surface area contributed by atoms with Crippen molar-refractivity contribution >= 4 is 18.0 Å². The maximum absolute atomic E-state index is 12.3. The van der Waals surface area contributed by atoms with E-state index in [0.717, 1.165) is 22.3 Å². The van der Waals surface area contributed by atoms with E-state index in [-0.39, 0.29) is 25.7 Å². The highest BCUT2D eigenvalue weighted by Crippen LogP contribution is 2.44.